The zero-order valence-corrected chi connectivity index (χ0v) is 8.68. The standard InChI is InChI=1S/C7H5FO2.Ga.H/c8-6-3-1-5(2-4-6)7(9)10;;/h1-4H,(H,9,10);;/q;+1;/p-1. The summed E-state index contributed by atoms with van der Waals surface area (Å²) in [4.78, 5) is 10.8. The maximum atomic E-state index is 12.3. The second-order valence-corrected chi connectivity index (χ2v) is 2.54. The molecule has 0 spiro atoms. The molecule has 0 N–H and O–H groups in total. The van der Waals surface area contributed by atoms with Crippen LogP contribution < -0.4 is 0 Å². The van der Waals surface area contributed by atoms with Crippen molar-refractivity contribution in [2.75, 3.05) is 0 Å². The van der Waals surface area contributed by atoms with Gasteiger partial charge in [-0.2, -0.15) is 0 Å². The Balaban J connectivity index is 2.90. The SMILES string of the molecule is O=C([O][GaH])c1ccc(F)cc1. The van der Waals surface area contributed by atoms with E-state index in [0.29, 0.717) is 24.5 Å². The molecule has 0 bridgehead atoms. The van der Waals surface area contributed by atoms with Crippen molar-refractivity contribution in [2.24, 2.45) is 0 Å². The van der Waals surface area contributed by atoms with Gasteiger partial charge in [0.2, 0.25) is 0 Å². The maximum absolute atomic E-state index is 12.3. The summed E-state index contributed by atoms with van der Waals surface area (Å²) in [5.41, 5.74) is 0.387. The van der Waals surface area contributed by atoms with Crippen LogP contribution in [0.1, 0.15) is 10.4 Å². The predicted molar refractivity (Wildman–Crippen MR) is 39.0 cm³/mol. The van der Waals surface area contributed by atoms with E-state index < -0.39 is 5.97 Å². The first-order valence-electron chi connectivity index (χ1n) is 2.96. The van der Waals surface area contributed by atoms with Crippen molar-refractivity contribution in [1.82, 2.24) is 0 Å². The van der Waals surface area contributed by atoms with Crippen LogP contribution in [0.5, 0.6) is 0 Å². The molecule has 0 unspecified atom stereocenters. The number of halogens is 1. The van der Waals surface area contributed by atoms with Crippen molar-refractivity contribution >= 4 is 24.9 Å². The second-order valence-electron chi connectivity index (χ2n) is 1.94. The zero-order chi connectivity index (χ0) is 8.27. The third kappa shape index (κ3) is 2.09. The van der Waals surface area contributed by atoms with Gasteiger partial charge in [-0.15, -0.1) is 0 Å². The number of benzene rings is 1. The monoisotopic (exact) mass is 209 g/mol. The molecule has 0 heterocycles. The summed E-state index contributed by atoms with van der Waals surface area (Å²) in [7, 11) is 0. The molecule has 2 nitrogen and oxygen atoms in total. The molecule has 0 saturated carbocycles. The van der Waals surface area contributed by atoms with Crippen molar-refractivity contribution in [3.05, 3.63) is 35.6 Å². The zero-order valence-electron chi connectivity index (χ0n) is 5.71. The molecule has 0 aliphatic rings. The van der Waals surface area contributed by atoms with Crippen molar-refractivity contribution in [2.45, 2.75) is 0 Å². The Morgan fingerprint density at radius 3 is 2.36 bits per heavy atom. The number of hydrogen-bond acceptors (Lipinski definition) is 2. The molecule has 0 aliphatic carbocycles. The minimum absolute atomic E-state index is 0.353. The fourth-order valence-electron chi connectivity index (χ4n) is 0.669. The van der Waals surface area contributed by atoms with Gasteiger partial charge in [-0.05, 0) is 0 Å². The Bertz CT molecular complexity index is 258. The van der Waals surface area contributed by atoms with Gasteiger partial charge >= 0.3 is 73.3 Å². The van der Waals surface area contributed by atoms with E-state index in [4.69, 9.17) is 0 Å². The number of hydrogen-bond donors (Lipinski definition) is 0. The van der Waals surface area contributed by atoms with E-state index in [0.717, 1.165) is 0 Å². The van der Waals surface area contributed by atoms with Crippen LogP contribution in [0.2, 0.25) is 0 Å². The molecule has 0 atom stereocenters. The Hall–Kier alpha value is -0.744. The molecule has 11 heavy (non-hydrogen) atoms. The topological polar surface area (TPSA) is 26.3 Å². The summed E-state index contributed by atoms with van der Waals surface area (Å²) >= 11 is 0.455. The number of rotatable bonds is 1. The molecular weight excluding hydrogens is 205 g/mol. The molecule has 1 aromatic rings. The van der Waals surface area contributed by atoms with E-state index in [9.17, 15) is 9.18 Å². The molecule has 1 aromatic carbocycles. The fraction of sp³-hybridized carbons (Fsp3) is 0. The van der Waals surface area contributed by atoms with E-state index in [1.54, 1.807) is 0 Å². The van der Waals surface area contributed by atoms with Crippen LogP contribution in [0, 0.1) is 5.82 Å². The molecule has 0 amide bonds. The summed E-state index contributed by atoms with van der Waals surface area (Å²) < 4.78 is 16.8. The van der Waals surface area contributed by atoms with Crippen LogP contribution in [0.3, 0.4) is 0 Å². The molecule has 4 heteroatoms. The normalized spacial score (nSPS) is 9.18. The van der Waals surface area contributed by atoms with Gasteiger partial charge in [0, 0.05) is 0 Å². The first kappa shape index (κ1) is 8.35. The third-order valence-corrected chi connectivity index (χ3v) is 1.76. The van der Waals surface area contributed by atoms with Crippen LogP contribution in [0.4, 0.5) is 4.39 Å². The predicted octanol–water partition coefficient (Wildman–Crippen LogP) is 0.798. The molecule has 1 rings (SSSR count). The van der Waals surface area contributed by atoms with Gasteiger partial charge in [0.05, 0.1) is 0 Å². The first-order valence-corrected chi connectivity index (χ1v) is 4.17. The van der Waals surface area contributed by atoms with Crippen molar-refractivity contribution in [1.29, 1.82) is 0 Å². The molecule has 0 fully saturated rings. The van der Waals surface area contributed by atoms with E-state index >= 15 is 0 Å². The fourth-order valence-corrected chi connectivity index (χ4v) is 1.02. The third-order valence-electron chi connectivity index (χ3n) is 1.21. The quantitative estimate of drug-likeness (QED) is 0.640. The van der Waals surface area contributed by atoms with Crippen LogP contribution >= 0.6 is 0 Å². The van der Waals surface area contributed by atoms with E-state index in [1.807, 2.05) is 0 Å². The van der Waals surface area contributed by atoms with Gasteiger partial charge in [-0.1, -0.05) is 0 Å². The average molecular weight is 210 g/mol. The summed E-state index contributed by atoms with van der Waals surface area (Å²) in [6.07, 6.45) is 0. The minimum atomic E-state index is -0.398. The Morgan fingerprint density at radius 1 is 1.36 bits per heavy atom. The average Bonchev–Trinajstić information content (AvgIpc) is 2.05. The van der Waals surface area contributed by atoms with Gasteiger partial charge in [-0.3, -0.25) is 0 Å². The van der Waals surface area contributed by atoms with E-state index in [2.05, 4.69) is 3.53 Å². The van der Waals surface area contributed by atoms with Gasteiger partial charge in [0.25, 0.3) is 0 Å². The molecule has 0 aliphatic heterocycles. The molecule has 55 valence electrons. The van der Waals surface area contributed by atoms with Crippen LogP contribution in [-0.4, -0.2) is 24.9 Å². The summed E-state index contributed by atoms with van der Waals surface area (Å²) in [5.74, 6) is -0.751. The van der Waals surface area contributed by atoms with Crippen molar-refractivity contribution in [3.63, 3.8) is 0 Å². The number of carbonyl (C=O) groups is 1. The summed E-state index contributed by atoms with van der Waals surface area (Å²) in [5, 5.41) is 0. The Kier molecular flexibility index (Phi) is 2.73. The van der Waals surface area contributed by atoms with E-state index in [1.165, 1.54) is 24.3 Å². The van der Waals surface area contributed by atoms with Gasteiger partial charge in [0.15, 0.2) is 0 Å². The van der Waals surface area contributed by atoms with Gasteiger partial charge in [0.1, 0.15) is 0 Å². The van der Waals surface area contributed by atoms with Gasteiger partial charge < -0.3 is 0 Å². The van der Waals surface area contributed by atoms with Gasteiger partial charge in [-0.25, -0.2) is 0 Å². The first-order chi connectivity index (χ1) is 5.24. The summed E-state index contributed by atoms with van der Waals surface area (Å²) in [6.45, 7) is 0. The van der Waals surface area contributed by atoms with Crippen LogP contribution in [-0.2, 0) is 3.53 Å². The van der Waals surface area contributed by atoms with Crippen LogP contribution in [0.25, 0.3) is 0 Å². The summed E-state index contributed by atoms with van der Waals surface area (Å²) in [6, 6.07) is 5.25. The number of carbonyl (C=O) groups excluding carboxylic acids is 1. The van der Waals surface area contributed by atoms with Crippen LogP contribution in [0.15, 0.2) is 24.3 Å². The Morgan fingerprint density at radius 2 is 1.91 bits per heavy atom. The second kappa shape index (κ2) is 3.59. The molecule has 1 radical (unpaired) electrons. The molecular formula is C7H5FGaO2. The molecule has 0 aromatic heterocycles. The van der Waals surface area contributed by atoms with Crippen molar-refractivity contribution in [3.8, 4) is 0 Å². The van der Waals surface area contributed by atoms with Crippen molar-refractivity contribution < 1.29 is 12.7 Å². The molecule has 0 saturated heterocycles. The Labute approximate surface area is 73.7 Å². The van der Waals surface area contributed by atoms with E-state index in [-0.39, 0.29) is 5.82 Å².